The number of anilines is 1. The average Bonchev–Trinajstić information content (AvgIpc) is 3.21. The standard InChI is InChI=1S/C21H25ClN6OS/c1-23-20(29)15-4-3-14-11-18(30-17(14)12-15)19-16(22)13-26-21(27-19)25-5-2-8-28-9-6-24-7-10-28/h3-4,11-13,24H,2,5-10H2,1H3,(H,23,29)(H,25,26,27). The Morgan fingerprint density at radius 3 is 2.93 bits per heavy atom. The van der Waals surface area contributed by atoms with Gasteiger partial charge in [-0.1, -0.05) is 17.7 Å². The van der Waals surface area contributed by atoms with E-state index in [2.05, 4.69) is 36.9 Å². The largest absolute Gasteiger partial charge is 0.355 e. The number of nitrogens with zero attached hydrogens (tertiary/aromatic N) is 3. The van der Waals surface area contributed by atoms with Crippen LogP contribution in [0.4, 0.5) is 5.95 Å². The van der Waals surface area contributed by atoms with Gasteiger partial charge in [0.1, 0.15) is 5.69 Å². The van der Waals surface area contributed by atoms with Crippen molar-refractivity contribution in [2.24, 2.45) is 0 Å². The third kappa shape index (κ3) is 4.89. The van der Waals surface area contributed by atoms with Crippen molar-refractivity contribution in [3.05, 3.63) is 41.0 Å². The van der Waals surface area contributed by atoms with E-state index in [4.69, 9.17) is 11.6 Å². The van der Waals surface area contributed by atoms with Crippen molar-refractivity contribution in [3.8, 4) is 10.6 Å². The van der Waals surface area contributed by atoms with Crippen molar-refractivity contribution in [3.63, 3.8) is 0 Å². The second kappa shape index (κ2) is 9.70. The van der Waals surface area contributed by atoms with E-state index in [0.29, 0.717) is 22.2 Å². The Balaban J connectivity index is 1.45. The van der Waals surface area contributed by atoms with Crippen LogP contribution in [0.1, 0.15) is 16.8 Å². The van der Waals surface area contributed by atoms with Crippen LogP contribution in [0.3, 0.4) is 0 Å². The number of rotatable bonds is 7. The van der Waals surface area contributed by atoms with Crippen LogP contribution in [-0.2, 0) is 0 Å². The first kappa shape index (κ1) is 21.0. The molecular formula is C21H25ClN6OS. The maximum atomic E-state index is 11.9. The van der Waals surface area contributed by atoms with Crippen molar-refractivity contribution in [2.75, 3.05) is 51.6 Å². The highest BCUT2D eigenvalue weighted by molar-refractivity contribution is 7.22. The molecule has 0 spiro atoms. The maximum Gasteiger partial charge on any atom is 0.251 e. The molecule has 0 unspecified atom stereocenters. The van der Waals surface area contributed by atoms with E-state index in [9.17, 15) is 4.79 Å². The van der Waals surface area contributed by atoms with E-state index < -0.39 is 0 Å². The zero-order valence-corrected chi connectivity index (χ0v) is 18.4. The number of halogens is 1. The summed E-state index contributed by atoms with van der Waals surface area (Å²) >= 11 is 7.97. The highest BCUT2D eigenvalue weighted by Crippen LogP contribution is 2.36. The Kier molecular flexibility index (Phi) is 6.79. The number of piperazine rings is 1. The molecule has 158 valence electrons. The van der Waals surface area contributed by atoms with Gasteiger partial charge < -0.3 is 20.9 Å². The molecule has 2 aromatic heterocycles. The number of carbonyl (C=O) groups excluding carboxylic acids is 1. The number of hydrogen-bond acceptors (Lipinski definition) is 7. The number of nitrogens with one attached hydrogen (secondary N) is 3. The van der Waals surface area contributed by atoms with E-state index in [0.717, 1.165) is 60.7 Å². The average molecular weight is 445 g/mol. The van der Waals surface area contributed by atoms with Crippen molar-refractivity contribution >= 4 is 44.9 Å². The highest BCUT2D eigenvalue weighted by Gasteiger charge is 2.14. The lowest BCUT2D eigenvalue weighted by atomic mass is 10.1. The highest BCUT2D eigenvalue weighted by atomic mass is 35.5. The second-order valence-electron chi connectivity index (χ2n) is 7.20. The monoisotopic (exact) mass is 444 g/mol. The number of benzene rings is 1. The van der Waals surface area contributed by atoms with Gasteiger partial charge in [-0.2, -0.15) is 0 Å². The second-order valence-corrected chi connectivity index (χ2v) is 8.70. The molecule has 7 nitrogen and oxygen atoms in total. The molecule has 1 aliphatic heterocycles. The van der Waals surface area contributed by atoms with Crippen molar-refractivity contribution < 1.29 is 4.79 Å². The third-order valence-corrected chi connectivity index (χ3v) is 6.51. The van der Waals surface area contributed by atoms with Crippen LogP contribution in [0.25, 0.3) is 20.7 Å². The summed E-state index contributed by atoms with van der Waals surface area (Å²) in [5.41, 5.74) is 1.35. The summed E-state index contributed by atoms with van der Waals surface area (Å²) in [5.74, 6) is 0.484. The Morgan fingerprint density at radius 1 is 1.30 bits per heavy atom. The van der Waals surface area contributed by atoms with Gasteiger partial charge in [-0.15, -0.1) is 11.3 Å². The maximum absolute atomic E-state index is 11.9. The Labute approximate surface area is 184 Å². The molecule has 30 heavy (non-hydrogen) atoms. The number of thiophene rings is 1. The summed E-state index contributed by atoms with van der Waals surface area (Å²) in [7, 11) is 1.63. The lowest BCUT2D eigenvalue weighted by molar-refractivity contribution is 0.0963. The van der Waals surface area contributed by atoms with E-state index in [1.807, 2.05) is 18.2 Å². The van der Waals surface area contributed by atoms with E-state index >= 15 is 0 Å². The lowest BCUT2D eigenvalue weighted by Gasteiger charge is -2.27. The van der Waals surface area contributed by atoms with E-state index in [1.165, 1.54) is 0 Å². The van der Waals surface area contributed by atoms with Gasteiger partial charge >= 0.3 is 0 Å². The summed E-state index contributed by atoms with van der Waals surface area (Å²) in [6, 6.07) is 7.72. The van der Waals surface area contributed by atoms with Gasteiger partial charge in [0, 0.05) is 50.0 Å². The molecule has 1 aliphatic rings. The fourth-order valence-corrected chi connectivity index (χ4v) is 4.85. The first-order chi connectivity index (χ1) is 14.6. The molecule has 1 saturated heterocycles. The van der Waals surface area contributed by atoms with Crippen LogP contribution in [0.5, 0.6) is 0 Å². The van der Waals surface area contributed by atoms with Gasteiger partial charge in [-0.25, -0.2) is 9.97 Å². The summed E-state index contributed by atoms with van der Waals surface area (Å²) in [4.78, 5) is 24.3. The van der Waals surface area contributed by atoms with Crippen LogP contribution >= 0.6 is 22.9 Å². The minimum Gasteiger partial charge on any atom is -0.355 e. The molecule has 1 aromatic carbocycles. The minimum atomic E-state index is -0.0979. The molecule has 0 bridgehead atoms. The van der Waals surface area contributed by atoms with Gasteiger partial charge in [0.05, 0.1) is 16.1 Å². The number of aromatic nitrogens is 2. The van der Waals surface area contributed by atoms with Crippen LogP contribution in [0, 0.1) is 0 Å². The van der Waals surface area contributed by atoms with Crippen molar-refractivity contribution in [2.45, 2.75) is 6.42 Å². The first-order valence-corrected chi connectivity index (χ1v) is 11.3. The molecule has 1 amide bonds. The molecule has 1 fully saturated rings. The number of fused-ring (bicyclic) bond motifs is 1. The van der Waals surface area contributed by atoms with Crippen LogP contribution in [-0.4, -0.2) is 67.1 Å². The quantitative estimate of drug-likeness (QED) is 0.486. The molecule has 3 heterocycles. The number of hydrogen-bond donors (Lipinski definition) is 3. The predicted molar refractivity (Wildman–Crippen MR) is 124 cm³/mol. The van der Waals surface area contributed by atoms with Gasteiger partial charge in [0.15, 0.2) is 0 Å². The third-order valence-electron chi connectivity index (χ3n) is 5.13. The van der Waals surface area contributed by atoms with Gasteiger partial charge in [0.25, 0.3) is 5.91 Å². The summed E-state index contributed by atoms with van der Waals surface area (Å²) < 4.78 is 1.02. The van der Waals surface area contributed by atoms with Crippen molar-refractivity contribution in [1.82, 2.24) is 25.5 Å². The van der Waals surface area contributed by atoms with E-state index in [-0.39, 0.29) is 5.91 Å². The number of amides is 1. The minimum absolute atomic E-state index is 0.0979. The fourth-order valence-electron chi connectivity index (χ4n) is 3.50. The van der Waals surface area contributed by atoms with Crippen LogP contribution in [0.15, 0.2) is 30.5 Å². The molecular weight excluding hydrogens is 420 g/mol. The number of carbonyl (C=O) groups is 1. The normalized spacial score (nSPS) is 14.7. The molecule has 9 heteroatoms. The SMILES string of the molecule is CNC(=O)c1ccc2cc(-c3nc(NCCCN4CCNCC4)ncc3Cl)sc2c1. The summed E-state index contributed by atoms with van der Waals surface area (Å²) in [5, 5.41) is 10.9. The Morgan fingerprint density at radius 2 is 2.13 bits per heavy atom. The Bertz CT molecular complexity index is 1030. The van der Waals surface area contributed by atoms with Crippen LogP contribution in [0.2, 0.25) is 5.02 Å². The van der Waals surface area contributed by atoms with Crippen LogP contribution < -0.4 is 16.0 Å². The molecule has 0 atom stereocenters. The van der Waals surface area contributed by atoms with Gasteiger partial charge in [-0.3, -0.25) is 4.79 Å². The van der Waals surface area contributed by atoms with Gasteiger partial charge in [0.2, 0.25) is 5.95 Å². The zero-order chi connectivity index (χ0) is 20.9. The molecule has 4 rings (SSSR count). The Hall–Kier alpha value is -2.26. The molecule has 3 aromatic rings. The first-order valence-electron chi connectivity index (χ1n) is 10.1. The van der Waals surface area contributed by atoms with Gasteiger partial charge in [-0.05, 0) is 36.6 Å². The molecule has 0 radical (unpaired) electrons. The fraction of sp³-hybridized carbons (Fsp3) is 0.381. The smallest absolute Gasteiger partial charge is 0.251 e. The lowest BCUT2D eigenvalue weighted by Crippen LogP contribution is -2.44. The summed E-state index contributed by atoms with van der Waals surface area (Å²) in [6.45, 7) is 6.23. The van der Waals surface area contributed by atoms with Crippen molar-refractivity contribution in [1.29, 1.82) is 0 Å². The molecule has 0 saturated carbocycles. The predicted octanol–water partition coefficient (Wildman–Crippen LogP) is 3.08. The molecule has 0 aliphatic carbocycles. The summed E-state index contributed by atoms with van der Waals surface area (Å²) in [6.07, 6.45) is 2.68. The molecule has 3 N–H and O–H groups in total. The topological polar surface area (TPSA) is 82.2 Å². The van der Waals surface area contributed by atoms with E-state index in [1.54, 1.807) is 24.6 Å². The zero-order valence-electron chi connectivity index (χ0n) is 16.9.